The van der Waals surface area contributed by atoms with Gasteiger partial charge in [0.05, 0.1) is 33.1 Å². The number of para-hydroxylation sites is 2. The Kier molecular flexibility index (Phi) is 7.46. The lowest BCUT2D eigenvalue weighted by molar-refractivity contribution is 0.591. The fraction of sp³-hybridized carbons (Fsp3) is 0.133. The molecule has 0 saturated carbocycles. The highest BCUT2D eigenvalue weighted by atomic mass is 32.1. The Morgan fingerprint density at radius 3 is 0.984 bits per heavy atom. The first-order valence-electron chi connectivity index (χ1n) is 22.2. The van der Waals surface area contributed by atoms with Gasteiger partial charge in [0.15, 0.2) is 0 Å². The first-order valence-corrected chi connectivity index (χ1v) is 23.1. The van der Waals surface area contributed by atoms with Crippen molar-refractivity contribution in [1.82, 2.24) is 8.80 Å². The number of nitrogens with zero attached hydrogens (tertiary/aromatic N) is 2. The zero-order valence-corrected chi connectivity index (χ0v) is 37.3. The number of rotatable bonds is 4. The monoisotopic (exact) mass is 826 g/mol. The predicted molar refractivity (Wildman–Crippen MR) is 273 cm³/mol. The summed E-state index contributed by atoms with van der Waals surface area (Å²) >= 11 is 1.86. The summed E-state index contributed by atoms with van der Waals surface area (Å²) in [6.07, 6.45) is 0. The second kappa shape index (κ2) is 12.8. The number of thiophene rings is 1. The molecular weight excluding hydrogens is 781 g/mol. The third kappa shape index (κ3) is 5.36. The average Bonchev–Trinajstić information content (AvgIpc) is 4.12. The summed E-state index contributed by atoms with van der Waals surface area (Å²) < 4.78 is 4.95. The van der Waals surface area contributed by atoms with E-state index in [4.69, 9.17) is 0 Å². The van der Waals surface area contributed by atoms with Crippen LogP contribution in [0.2, 0.25) is 0 Å². The zero-order valence-electron chi connectivity index (χ0n) is 36.5. The van der Waals surface area contributed by atoms with E-state index < -0.39 is 0 Å². The first kappa shape index (κ1) is 36.7. The molecule has 0 unspecified atom stereocenters. The Bertz CT molecular complexity index is 3690. The number of benzene rings is 8. The maximum Gasteiger partial charge on any atom is 0.0620 e. The van der Waals surface area contributed by atoms with Crippen molar-refractivity contribution in [2.75, 3.05) is 0 Å². The van der Waals surface area contributed by atoms with Gasteiger partial charge in [0, 0.05) is 52.8 Å². The summed E-state index contributed by atoms with van der Waals surface area (Å²) in [4.78, 5) is 2.56. The van der Waals surface area contributed by atoms with Gasteiger partial charge < -0.3 is 8.80 Å². The minimum atomic E-state index is 0.107. The summed E-state index contributed by atoms with van der Waals surface area (Å²) in [5, 5.41) is 10.6. The number of fused-ring (bicyclic) bond motifs is 12. The molecule has 63 heavy (non-hydrogen) atoms. The molecule has 5 heterocycles. The van der Waals surface area contributed by atoms with Crippen molar-refractivity contribution in [3.8, 4) is 43.1 Å². The molecule has 2 nitrogen and oxygen atoms in total. The van der Waals surface area contributed by atoms with Crippen LogP contribution in [0.25, 0.3) is 119 Å². The Hall–Kier alpha value is -6.94. The number of aromatic nitrogens is 2. The fourth-order valence-corrected chi connectivity index (χ4v) is 11.6. The molecular formula is C60H46N2S. The van der Waals surface area contributed by atoms with Crippen LogP contribution in [0, 0.1) is 0 Å². The summed E-state index contributed by atoms with van der Waals surface area (Å²) in [6.45, 7) is 13.8. The van der Waals surface area contributed by atoms with Gasteiger partial charge in [-0.25, -0.2) is 0 Å². The van der Waals surface area contributed by atoms with Crippen molar-refractivity contribution in [3.05, 3.63) is 181 Å². The first-order chi connectivity index (χ1) is 30.5. The molecule has 5 aromatic heterocycles. The van der Waals surface area contributed by atoms with Gasteiger partial charge in [-0.05, 0) is 116 Å². The van der Waals surface area contributed by atoms with Crippen molar-refractivity contribution < 1.29 is 0 Å². The van der Waals surface area contributed by atoms with Crippen LogP contribution in [-0.2, 0) is 10.8 Å². The molecule has 302 valence electrons. The van der Waals surface area contributed by atoms with E-state index in [1.54, 1.807) is 0 Å². The Balaban J connectivity index is 0.781. The van der Waals surface area contributed by atoms with Crippen LogP contribution in [0.15, 0.2) is 170 Å². The molecule has 0 aliphatic heterocycles. The van der Waals surface area contributed by atoms with E-state index in [0.717, 1.165) is 0 Å². The zero-order chi connectivity index (χ0) is 42.5. The van der Waals surface area contributed by atoms with Gasteiger partial charge in [0.2, 0.25) is 0 Å². The molecule has 13 aromatic rings. The average molecular weight is 827 g/mol. The molecule has 0 atom stereocenters. The van der Waals surface area contributed by atoms with E-state index in [1.165, 1.54) is 130 Å². The topological polar surface area (TPSA) is 8.82 Å². The molecule has 0 N–H and O–H groups in total. The smallest absolute Gasteiger partial charge is 0.0620 e. The minimum Gasteiger partial charge on any atom is -0.308 e. The van der Waals surface area contributed by atoms with Crippen molar-refractivity contribution in [1.29, 1.82) is 0 Å². The number of hydrogen-bond acceptors (Lipinski definition) is 1. The van der Waals surface area contributed by atoms with E-state index in [9.17, 15) is 0 Å². The van der Waals surface area contributed by atoms with Gasteiger partial charge in [-0.15, -0.1) is 11.3 Å². The highest BCUT2D eigenvalue weighted by Gasteiger charge is 2.23. The Labute approximate surface area is 371 Å². The van der Waals surface area contributed by atoms with Crippen LogP contribution in [0.1, 0.15) is 52.7 Å². The summed E-state index contributed by atoms with van der Waals surface area (Å²) in [5.74, 6) is 0. The van der Waals surface area contributed by atoms with Gasteiger partial charge >= 0.3 is 0 Å². The van der Waals surface area contributed by atoms with E-state index in [1.807, 2.05) is 11.3 Å². The SMILES string of the molecule is CC(C)(C)c1ccc2c(c1)c1cccc3c4cc(-c5ccc(-c6ccc(-c7ccc(-c8ccc9c(c8)c8cccc%10c%11cc(C(C)(C)C)ccc%11n9c8%10)cc7)s6)cc5)ccc4n2c31. The minimum absolute atomic E-state index is 0.107. The van der Waals surface area contributed by atoms with E-state index >= 15 is 0 Å². The van der Waals surface area contributed by atoms with Gasteiger partial charge in [0.1, 0.15) is 0 Å². The molecule has 0 bridgehead atoms. The lowest BCUT2D eigenvalue weighted by Crippen LogP contribution is -2.10. The maximum absolute atomic E-state index is 2.48. The summed E-state index contributed by atoms with van der Waals surface area (Å²) in [7, 11) is 0. The molecule has 0 amide bonds. The van der Waals surface area contributed by atoms with E-state index in [-0.39, 0.29) is 10.8 Å². The second-order valence-corrected chi connectivity index (χ2v) is 20.9. The van der Waals surface area contributed by atoms with Crippen LogP contribution in [0.3, 0.4) is 0 Å². The molecule has 0 radical (unpaired) electrons. The van der Waals surface area contributed by atoms with E-state index in [0.29, 0.717) is 0 Å². The molecule has 0 aliphatic rings. The molecule has 0 fully saturated rings. The molecule has 8 aromatic carbocycles. The summed E-state index contributed by atoms with van der Waals surface area (Å²) in [5.41, 5.74) is 18.2. The normalized spacial score (nSPS) is 12.9. The van der Waals surface area contributed by atoms with Gasteiger partial charge in [-0.1, -0.05) is 151 Å². The third-order valence-electron chi connectivity index (χ3n) is 14.0. The van der Waals surface area contributed by atoms with Crippen LogP contribution in [-0.4, -0.2) is 8.80 Å². The lowest BCUT2D eigenvalue weighted by Gasteiger charge is -2.19. The van der Waals surface area contributed by atoms with Crippen molar-refractivity contribution in [3.63, 3.8) is 0 Å². The predicted octanol–water partition coefficient (Wildman–Crippen LogP) is 17.3. The molecule has 3 heteroatoms. The molecule has 0 saturated heterocycles. The van der Waals surface area contributed by atoms with E-state index in [2.05, 4.69) is 220 Å². The highest BCUT2D eigenvalue weighted by Crippen LogP contribution is 2.44. The van der Waals surface area contributed by atoms with Crippen molar-refractivity contribution in [2.24, 2.45) is 0 Å². The maximum atomic E-state index is 2.48. The van der Waals surface area contributed by atoms with Gasteiger partial charge in [-0.2, -0.15) is 0 Å². The van der Waals surface area contributed by atoms with Crippen LogP contribution in [0.4, 0.5) is 0 Å². The third-order valence-corrected chi connectivity index (χ3v) is 15.2. The fourth-order valence-electron chi connectivity index (χ4n) is 10.6. The van der Waals surface area contributed by atoms with Crippen LogP contribution in [0.5, 0.6) is 0 Å². The second-order valence-electron chi connectivity index (χ2n) is 19.8. The van der Waals surface area contributed by atoms with Crippen LogP contribution < -0.4 is 0 Å². The van der Waals surface area contributed by atoms with Crippen molar-refractivity contribution in [2.45, 2.75) is 52.4 Å². The standard InChI is InChI=1S/C60H46N2S/c1-59(2,3)41-23-27-53-49(33-41)45-11-7-9-43-47-31-39(21-25-51(47)61(53)57(43)45)35-13-17-37(18-14-35)55-29-30-56(63-55)38-19-15-36(16-20-38)40-22-26-52-48(32-40)44-10-8-12-46-50-34-42(60(4,5)6)24-28-54(50)62(52)58(44)46/h7-34H,1-6H3. The van der Waals surface area contributed by atoms with Gasteiger partial charge in [-0.3, -0.25) is 0 Å². The lowest BCUT2D eigenvalue weighted by atomic mass is 9.86. The molecule has 13 rings (SSSR count). The molecule has 0 aliphatic carbocycles. The largest absolute Gasteiger partial charge is 0.308 e. The molecule has 0 spiro atoms. The van der Waals surface area contributed by atoms with Crippen LogP contribution >= 0.6 is 11.3 Å². The van der Waals surface area contributed by atoms with Gasteiger partial charge in [0.25, 0.3) is 0 Å². The highest BCUT2D eigenvalue weighted by molar-refractivity contribution is 7.18. The number of hydrogen-bond donors (Lipinski definition) is 0. The summed E-state index contributed by atoms with van der Waals surface area (Å²) in [6, 6.07) is 64.5. The Morgan fingerprint density at radius 2 is 0.619 bits per heavy atom. The Morgan fingerprint density at radius 1 is 0.302 bits per heavy atom. The van der Waals surface area contributed by atoms with Crippen molar-refractivity contribution >= 4 is 87.5 Å². The quantitative estimate of drug-likeness (QED) is 0.167.